The summed E-state index contributed by atoms with van der Waals surface area (Å²) in [6.45, 7) is 1.95. The predicted octanol–water partition coefficient (Wildman–Crippen LogP) is 3.77. The van der Waals surface area contributed by atoms with E-state index in [1.165, 1.54) is 12.1 Å². The number of anilines is 2. The van der Waals surface area contributed by atoms with Gasteiger partial charge in [-0.05, 0) is 36.8 Å². The molecule has 0 aliphatic carbocycles. The molecule has 7 nitrogen and oxygen atoms in total. The number of aryl methyl sites for hydroxylation is 1. The minimum Gasteiger partial charge on any atom is -0.377 e. The van der Waals surface area contributed by atoms with Gasteiger partial charge < -0.3 is 10.2 Å². The van der Waals surface area contributed by atoms with Gasteiger partial charge >= 0.3 is 0 Å². The van der Waals surface area contributed by atoms with Crippen molar-refractivity contribution in [3.05, 3.63) is 69.9 Å². The normalized spacial score (nSPS) is 10.6. The number of carbonyl (C=O) groups is 1. The number of benzene rings is 2. The van der Waals surface area contributed by atoms with E-state index in [-0.39, 0.29) is 11.3 Å². The zero-order chi connectivity index (χ0) is 18.8. The minimum absolute atomic E-state index is 0.129. The Kier molecular flexibility index (Phi) is 4.53. The van der Waals surface area contributed by atoms with Gasteiger partial charge in [0.25, 0.3) is 11.6 Å². The van der Waals surface area contributed by atoms with E-state index in [1.54, 1.807) is 37.3 Å². The van der Waals surface area contributed by atoms with E-state index in [9.17, 15) is 14.9 Å². The minimum atomic E-state index is -0.512. The fraction of sp³-hybridized carbons (Fsp3) is 0.158. The molecule has 0 spiro atoms. The quantitative estimate of drug-likeness (QED) is 0.571. The van der Waals surface area contributed by atoms with E-state index in [0.29, 0.717) is 11.4 Å². The Morgan fingerprint density at radius 3 is 2.65 bits per heavy atom. The maximum atomic E-state index is 12.9. The fourth-order valence-electron chi connectivity index (χ4n) is 2.82. The Hall–Kier alpha value is -3.48. The van der Waals surface area contributed by atoms with Crippen LogP contribution in [-0.4, -0.2) is 29.9 Å². The number of hydrogen-bond acceptors (Lipinski definition) is 5. The third kappa shape index (κ3) is 3.19. The summed E-state index contributed by atoms with van der Waals surface area (Å²) in [4.78, 5) is 29.5. The number of hydrogen-bond donors (Lipinski definition) is 1. The van der Waals surface area contributed by atoms with Gasteiger partial charge in [0.2, 0.25) is 0 Å². The molecule has 1 amide bonds. The van der Waals surface area contributed by atoms with Crippen LogP contribution in [-0.2, 0) is 0 Å². The number of nitrogens with one attached hydrogen (secondary N) is 1. The summed E-state index contributed by atoms with van der Waals surface area (Å²) >= 11 is 0. The van der Waals surface area contributed by atoms with Crippen molar-refractivity contribution in [1.29, 1.82) is 0 Å². The number of rotatable bonds is 4. The zero-order valence-corrected chi connectivity index (χ0v) is 14.7. The number of amides is 1. The van der Waals surface area contributed by atoms with E-state index in [0.717, 1.165) is 16.5 Å². The van der Waals surface area contributed by atoms with Crippen LogP contribution in [0.4, 0.5) is 17.1 Å². The molecule has 3 rings (SSSR count). The van der Waals surface area contributed by atoms with Crippen LogP contribution in [0.25, 0.3) is 10.9 Å². The van der Waals surface area contributed by atoms with Crippen LogP contribution in [0.3, 0.4) is 0 Å². The number of fused-ring (bicyclic) bond motifs is 1. The van der Waals surface area contributed by atoms with Crippen molar-refractivity contribution < 1.29 is 9.72 Å². The molecule has 0 saturated heterocycles. The smallest absolute Gasteiger partial charge is 0.270 e. The Morgan fingerprint density at radius 2 is 1.96 bits per heavy atom. The van der Waals surface area contributed by atoms with Gasteiger partial charge in [-0.2, -0.15) is 0 Å². The molecule has 0 bridgehead atoms. The highest BCUT2D eigenvalue weighted by Gasteiger charge is 2.19. The first-order valence-corrected chi connectivity index (χ1v) is 8.00. The molecule has 1 heterocycles. The lowest BCUT2D eigenvalue weighted by Gasteiger charge is -2.17. The Balaban J connectivity index is 2.05. The highest BCUT2D eigenvalue weighted by atomic mass is 16.6. The van der Waals surface area contributed by atoms with Gasteiger partial charge in [-0.25, -0.2) is 0 Å². The number of pyridine rings is 1. The Labute approximate surface area is 150 Å². The average molecular weight is 350 g/mol. The van der Waals surface area contributed by atoms with Gasteiger partial charge in [-0.1, -0.05) is 6.07 Å². The molecule has 0 saturated carbocycles. The SMILES string of the molecule is Cc1ccc(NC(=O)c2cc([N+](=O)[O-])ccc2N(C)C)c2cccnc12. The first-order chi connectivity index (χ1) is 12.4. The molecule has 0 fully saturated rings. The lowest BCUT2D eigenvalue weighted by Crippen LogP contribution is -2.19. The van der Waals surface area contributed by atoms with Crippen molar-refractivity contribution >= 4 is 33.9 Å². The van der Waals surface area contributed by atoms with Crippen molar-refractivity contribution in [2.45, 2.75) is 6.92 Å². The van der Waals surface area contributed by atoms with Gasteiger partial charge in [-0.3, -0.25) is 19.9 Å². The number of non-ortho nitro benzene ring substituents is 1. The lowest BCUT2D eigenvalue weighted by molar-refractivity contribution is -0.384. The molecular weight excluding hydrogens is 332 g/mol. The number of aromatic nitrogens is 1. The predicted molar refractivity (Wildman–Crippen MR) is 102 cm³/mol. The third-order valence-electron chi connectivity index (χ3n) is 4.14. The topological polar surface area (TPSA) is 88.4 Å². The molecule has 7 heteroatoms. The van der Waals surface area contributed by atoms with Crippen molar-refractivity contribution in [3.8, 4) is 0 Å². The zero-order valence-electron chi connectivity index (χ0n) is 14.7. The molecule has 3 aromatic rings. The third-order valence-corrected chi connectivity index (χ3v) is 4.14. The summed E-state index contributed by atoms with van der Waals surface area (Å²) in [6, 6.07) is 11.6. The van der Waals surface area contributed by atoms with Gasteiger partial charge in [0, 0.05) is 43.5 Å². The number of nitro benzene ring substituents is 1. The van der Waals surface area contributed by atoms with Crippen LogP contribution in [0.2, 0.25) is 0 Å². The molecule has 0 unspecified atom stereocenters. The summed E-state index contributed by atoms with van der Waals surface area (Å²) in [5, 5.41) is 14.8. The lowest BCUT2D eigenvalue weighted by atomic mass is 10.1. The summed E-state index contributed by atoms with van der Waals surface area (Å²) < 4.78 is 0. The van der Waals surface area contributed by atoms with E-state index in [2.05, 4.69) is 10.3 Å². The van der Waals surface area contributed by atoms with Crippen molar-refractivity contribution in [2.24, 2.45) is 0 Å². The molecule has 0 atom stereocenters. The summed E-state index contributed by atoms with van der Waals surface area (Å²) in [6.07, 6.45) is 1.70. The first-order valence-electron chi connectivity index (χ1n) is 8.00. The molecule has 26 heavy (non-hydrogen) atoms. The van der Waals surface area contributed by atoms with E-state index >= 15 is 0 Å². The Bertz CT molecular complexity index is 1010. The van der Waals surface area contributed by atoms with Gasteiger partial charge in [0.15, 0.2) is 0 Å². The molecular formula is C19H18N4O3. The standard InChI is InChI=1S/C19H18N4O3/c1-12-6-8-16(14-5-4-10-20-18(12)14)21-19(24)15-11-13(23(25)26)7-9-17(15)22(2)3/h4-11H,1-3H3,(H,21,24). The molecule has 0 radical (unpaired) electrons. The fourth-order valence-corrected chi connectivity index (χ4v) is 2.82. The van der Waals surface area contributed by atoms with Crippen LogP contribution >= 0.6 is 0 Å². The number of nitrogens with zero attached hydrogens (tertiary/aromatic N) is 3. The maximum absolute atomic E-state index is 12.9. The van der Waals surface area contributed by atoms with E-state index in [4.69, 9.17) is 0 Å². The van der Waals surface area contributed by atoms with Crippen LogP contribution in [0.1, 0.15) is 15.9 Å². The first kappa shape index (κ1) is 17.3. The molecule has 2 aromatic carbocycles. The average Bonchev–Trinajstić information content (AvgIpc) is 2.63. The molecule has 0 aliphatic heterocycles. The monoisotopic (exact) mass is 350 g/mol. The van der Waals surface area contributed by atoms with Crippen molar-refractivity contribution in [3.63, 3.8) is 0 Å². The van der Waals surface area contributed by atoms with Crippen molar-refractivity contribution in [1.82, 2.24) is 4.98 Å². The molecule has 132 valence electrons. The van der Waals surface area contributed by atoms with Crippen molar-refractivity contribution in [2.75, 3.05) is 24.3 Å². The van der Waals surface area contributed by atoms with Gasteiger partial charge in [-0.15, -0.1) is 0 Å². The molecule has 1 N–H and O–H groups in total. The second-order valence-corrected chi connectivity index (χ2v) is 6.14. The Morgan fingerprint density at radius 1 is 1.19 bits per heavy atom. The van der Waals surface area contributed by atoms with Crippen LogP contribution in [0.15, 0.2) is 48.7 Å². The van der Waals surface area contributed by atoms with E-state index < -0.39 is 10.8 Å². The van der Waals surface area contributed by atoms with Gasteiger partial charge in [0.1, 0.15) is 0 Å². The summed E-state index contributed by atoms with van der Waals surface area (Å²) in [7, 11) is 3.56. The van der Waals surface area contributed by atoms with Gasteiger partial charge in [0.05, 0.1) is 21.7 Å². The largest absolute Gasteiger partial charge is 0.377 e. The van der Waals surface area contributed by atoms with Crippen LogP contribution in [0, 0.1) is 17.0 Å². The second kappa shape index (κ2) is 6.79. The maximum Gasteiger partial charge on any atom is 0.270 e. The highest BCUT2D eigenvalue weighted by Crippen LogP contribution is 2.28. The summed E-state index contributed by atoms with van der Waals surface area (Å²) in [5.41, 5.74) is 3.13. The molecule has 1 aromatic heterocycles. The number of nitro groups is 1. The molecule has 0 aliphatic rings. The summed E-state index contributed by atoms with van der Waals surface area (Å²) in [5.74, 6) is -0.411. The van der Waals surface area contributed by atoms with Crippen LogP contribution in [0.5, 0.6) is 0 Å². The number of carbonyl (C=O) groups excluding carboxylic acids is 1. The second-order valence-electron chi connectivity index (χ2n) is 6.14. The van der Waals surface area contributed by atoms with E-state index in [1.807, 2.05) is 25.1 Å². The highest BCUT2D eigenvalue weighted by molar-refractivity contribution is 6.12. The van der Waals surface area contributed by atoms with Crippen LogP contribution < -0.4 is 10.2 Å².